The fourth-order valence-electron chi connectivity index (χ4n) is 3.13. The molecule has 2 unspecified atom stereocenters. The number of hydrogen-bond acceptors (Lipinski definition) is 6. The van der Waals surface area contributed by atoms with E-state index in [1.807, 2.05) is 13.8 Å². The number of halogens is 1. The molecule has 21 heavy (non-hydrogen) atoms. The Morgan fingerprint density at radius 3 is 2.81 bits per heavy atom. The van der Waals surface area contributed by atoms with E-state index in [-0.39, 0.29) is 12.4 Å². The van der Waals surface area contributed by atoms with Crippen LogP contribution in [-0.2, 0) is 16.8 Å². The van der Waals surface area contributed by atoms with Crippen molar-refractivity contribution in [1.82, 2.24) is 15.0 Å². The lowest BCUT2D eigenvalue weighted by atomic mass is 9.90. The van der Waals surface area contributed by atoms with Crippen molar-refractivity contribution in [2.75, 3.05) is 13.2 Å². The van der Waals surface area contributed by atoms with E-state index in [0.717, 1.165) is 13.2 Å². The van der Waals surface area contributed by atoms with Gasteiger partial charge in [0.1, 0.15) is 0 Å². The second-order valence-electron chi connectivity index (χ2n) is 6.46. The molecule has 2 aliphatic rings. The van der Waals surface area contributed by atoms with Crippen LogP contribution in [0, 0.1) is 0 Å². The summed E-state index contributed by atoms with van der Waals surface area (Å²) in [7, 11) is 0. The van der Waals surface area contributed by atoms with Crippen molar-refractivity contribution in [3.05, 3.63) is 11.7 Å². The molecule has 0 amide bonds. The van der Waals surface area contributed by atoms with Crippen molar-refractivity contribution >= 4 is 12.4 Å². The third-order valence-electron chi connectivity index (χ3n) is 4.23. The Hall–Kier alpha value is -0.690. The number of nitrogens with two attached hydrogens (primary N) is 1. The van der Waals surface area contributed by atoms with Crippen LogP contribution in [0.15, 0.2) is 4.52 Å². The van der Waals surface area contributed by atoms with E-state index in [0.29, 0.717) is 30.4 Å². The van der Waals surface area contributed by atoms with E-state index in [2.05, 4.69) is 15.0 Å². The van der Waals surface area contributed by atoms with Gasteiger partial charge < -0.3 is 15.0 Å². The summed E-state index contributed by atoms with van der Waals surface area (Å²) in [4.78, 5) is 6.85. The molecule has 0 radical (unpaired) electrons. The van der Waals surface area contributed by atoms with Crippen LogP contribution in [0.3, 0.4) is 0 Å². The van der Waals surface area contributed by atoms with Crippen LogP contribution in [-0.4, -0.2) is 40.3 Å². The summed E-state index contributed by atoms with van der Waals surface area (Å²) in [5, 5.41) is 3.99. The summed E-state index contributed by atoms with van der Waals surface area (Å²) in [6.07, 6.45) is 5.32. The van der Waals surface area contributed by atoms with E-state index in [4.69, 9.17) is 15.0 Å². The third kappa shape index (κ3) is 3.74. The Morgan fingerprint density at radius 1 is 1.33 bits per heavy atom. The molecule has 0 aromatic carbocycles. The number of fused-ring (bicyclic) bond motifs is 1. The van der Waals surface area contributed by atoms with Gasteiger partial charge in [-0.3, -0.25) is 4.90 Å². The highest BCUT2D eigenvalue weighted by molar-refractivity contribution is 5.85. The molecule has 6 nitrogen and oxygen atoms in total. The summed E-state index contributed by atoms with van der Waals surface area (Å²) < 4.78 is 11.2. The lowest BCUT2D eigenvalue weighted by Gasteiger charge is -2.43. The van der Waals surface area contributed by atoms with Gasteiger partial charge in [0.25, 0.3) is 0 Å². The molecule has 1 aromatic rings. The zero-order chi connectivity index (χ0) is 14.2. The van der Waals surface area contributed by atoms with Gasteiger partial charge in [0.2, 0.25) is 5.89 Å². The van der Waals surface area contributed by atoms with Crippen molar-refractivity contribution in [1.29, 1.82) is 0 Å². The second-order valence-corrected chi connectivity index (χ2v) is 6.46. The molecule has 2 heterocycles. The Kier molecular flexibility index (Phi) is 5.24. The number of rotatable bonds is 3. The van der Waals surface area contributed by atoms with Gasteiger partial charge in [-0.25, -0.2) is 0 Å². The standard InChI is InChI=1S/C14H24N4O2.ClH/c1-14(2,15)13-16-12(20-17-13)9-18-7-8-19-11-6-4-3-5-10(11)18;/h10-11H,3-9,15H2,1-2H3;1H. The van der Waals surface area contributed by atoms with Crippen molar-refractivity contribution in [3.8, 4) is 0 Å². The number of aromatic nitrogens is 2. The summed E-state index contributed by atoms with van der Waals surface area (Å²) in [5.41, 5.74) is 5.44. The molecule has 0 bridgehead atoms. The highest BCUT2D eigenvalue weighted by atomic mass is 35.5. The summed E-state index contributed by atoms with van der Waals surface area (Å²) in [5.74, 6) is 1.23. The van der Waals surface area contributed by atoms with Crippen LogP contribution in [0.4, 0.5) is 0 Å². The second kappa shape index (κ2) is 6.60. The van der Waals surface area contributed by atoms with Crippen molar-refractivity contribution in [2.24, 2.45) is 5.73 Å². The molecule has 1 aliphatic carbocycles. The topological polar surface area (TPSA) is 77.4 Å². The number of morpholine rings is 1. The lowest BCUT2D eigenvalue weighted by Crippen LogP contribution is -2.52. The Balaban J connectivity index is 0.00000161. The smallest absolute Gasteiger partial charge is 0.240 e. The first kappa shape index (κ1) is 16.7. The predicted octanol–water partition coefficient (Wildman–Crippen LogP) is 1.83. The number of hydrogen-bond donors (Lipinski definition) is 1. The Labute approximate surface area is 131 Å². The van der Waals surface area contributed by atoms with Crippen LogP contribution < -0.4 is 5.73 Å². The van der Waals surface area contributed by atoms with E-state index < -0.39 is 5.54 Å². The molecule has 2 fully saturated rings. The summed E-state index contributed by atoms with van der Waals surface area (Å²) >= 11 is 0. The molecule has 1 aromatic heterocycles. The first-order valence-corrected chi connectivity index (χ1v) is 7.51. The lowest BCUT2D eigenvalue weighted by molar-refractivity contribution is -0.0933. The monoisotopic (exact) mass is 316 g/mol. The molecule has 2 N–H and O–H groups in total. The van der Waals surface area contributed by atoms with Gasteiger partial charge in [0.15, 0.2) is 5.82 Å². The van der Waals surface area contributed by atoms with E-state index in [9.17, 15) is 0 Å². The molecule has 7 heteroatoms. The van der Waals surface area contributed by atoms with Gasteiger partial charge in [-0.15, -0.1) is 12.4 Å². The first-order valence-electron chi connectivity index (χ1n) is 7.51. The van der Waals surface area contributed by atoms with E-state index in [1.54, 1.807) is 0 Å². The largest absolute Gasteiger partial charge is 0.375 e. The molecule has 1 saturated heterocycles. The summed E-state index contributed by atoms with van der Waals surface area (Å²) in [6, 6.07) is 0.499. The maximum absolute atomic E-state index is 5.99. The first-order chi connectivity index (χ1) is 9.54. The number of nitrogens with zero attached hydrogens (tertiary/aromatic N) is 3. The Morgan fingerprint density at radius 2 is 2.10 bits per heavy atom. The van der Waals surface area contributed by atoms with Crippen molar-refractivity contribution in [2.45, 2.75) is 63.8 Å². The summed E-state index contributed by atoms with van der Waals surface area (Å²) in [6.45, 7) is 6.20. The fourth-order valence-corrected chi connectivity index (χ4v) is 3.13. The van der Waals surface area contributed by atoms with Crippen LogP contribution in [0.2, 0.25) is 0 Å². The molecule has 1 aliphatic heterocycles. The molecule has 3 rings (SSSR count). The molecular formula is C14H25ClN4O2. The van der Waals surface area contributed by atoms with E-state index >= 15 is 0 Å². The average Bonchev–Trinajstić information content (AvgIpc) is 2.88. The van der Waals surface area contributed by atoms with Crippen LogP contribution >= 0.6 is 12.4 Å². The molecular weight excluding hydrogens is 292 g/mol. The van der Waals surface area contributed by atoms with Crippen molar-refractivity contribution < 1.29 is 9.26 Å². The normalized spacial score (nSPS) is 27.0. The van der Waals surface area contributed by atoms with Gasteiger partial charge in [-0.1, -0.05) is 18.0 Å². The fraction of sp³-hybridized carbons (Fsp3) is 0.857. The van der Waals surface area contributed by atoms with Gasteiger partial charge in [-0.05, 0) is 26.7 Å². The zero-order valence-electron chi connectivity index (χ0n) is 12.7. The van der Waals surface area contributed by atoms with Crippen LogP contribution in [0.5, 0.6) is 0 Å². The molecule has 2 atom stereocenters. The molecule has 1 saturated carbocycles. The Bertz CT molecular complexity index is 458. The maximum atomic E-state index is 5.99. The third-order valence-corrected chi connectivity index (χ3v) is 4.23. The van der Waals surface area contributed by atoms with E-state index in [1.165, 1.54) is 25.7 Å². The minimum atomic E-state index is -0.555. The van der Waals surface area contributed by atoms with Gasteiger partial charge in [0, 0.05) is 12.6 Å². The molecule has 120 valence electrons. The number of ether oxygens (including phenoxy) is 1. The quantitative estimate of drug-likeness (QED) is 0.916. The van der Waals surface area contributed by atoms with Crippen LogP contribution in [0.1, 0.15) is 51.2 Å². The maximum Gasteiger partial charge on any atom is 0.240 e. The minimum absolute atomic E-state index is 0. The minimum Gasteiger partial charge on any atom is -0.375 e. The van der Waals surface area contributed by atoms with Crippen LogP contribution in [0.25, 0.3) is 0 Å². The highest BCUT2D eigenvalue weighted by Gasteiger charge is 2.35. The van der Waals surface area contributed by atoms with Gasteiger partial charge >= 0.3 is 0 Å². The zero-order valence-corrected chi connectivity index (χ0v) is 13.6. The van der Waals surface area contributed by atoms with Crippen molar-refractivity contribution in [3.63, 3.8) is 0 Å². The molecule has 0 spiro atoms. The van der Waals surface area contributed by atoms with Gasteiger partial charge in [0.05, 0.1) is 24.8 Å². The highest BCUT2D eigenvalue weighted by Crippen LogP contribution is 2.29. The SMILES string of the molecule is CC(C)(N)c1noc(CN2CCOC3CCCCC32)n1.Cl. The predicted molar refractivity (Wildman–Crippen MR) is 81.2 cm³/mol. The average molecular weight is 317 g/mol. The van der Waals surface area contributed by atoms with Gasteiger partial charge in [-0.2, -0.15) is 4.98 Å².